The van der Waals surface area contributed by atoms with Gasteiger partial charge in [0.1, 0.15) is 0 Å². The van der Waals surface area contributed by atoms with Gasteiger partial charge in [0.25, 0.3) is 0 Å². The van der Waals surface area contributed by atoms with Crippen LogP contribution in [0.3, 0.4) is 0 Å². The van der Waals surface area contributed by atoms with E-state index in [1.54, 1.807) is 16.8 Å². The van der Waals surface area contributed by atoms with Crippen LogP contribution in [0.5, 0.6) is 5.75 Å². The molecule has 1 aromatic carbocycles. The largest absolute Gasteiger partial charge is 0.490 e. The third-order valence-corrected chi connectivity index (χ3v) is 4.15. The van der Waals surface area contributed by atoms with Crippen LogP contribution in [0.2, 0.25) is 0 Å². The molecule has 0 spiro atoms. The van der Waals surface area contributed by atoms with Crippen molar-refractivity contribution < 1.29 is 9.66 Å². The van der Waals surface area contributed by atoms with E-state index in [9.17, 15) is 10.1 Å². The second-order valence-electron chi connectivity index (χ2n) is 5.85. The van der Waals surface area contributed by atoms with Crippen molar-refractivity contribution >= 4 is 5.69 Å². The average molecular weight is 332 g/mol. The summed E-state index contributed by atoms with van der Waals surface area (Å²) in [5, 5.41) is 19.3. The zero-order valence-corrected chi connectivity index (χ0v) is 13.8. The molecule has 0 unspecified atom stereocenters. The summed E-state index contributed by atoms with van der Waals surface area (Å²) in [6.45, 7) is 4.86. The van der Waals surface area contributed by atoms with Crippen LogP contribution in [0.15, 0.2) is 24.4 Å². The molecular weight excluding hydrogens is 312 g/mol. The van der Waals surface area contributed by atoms with E-state index in [0.717, 1.165) is 38.4 Å². The van der Waals surface area contributed by atoms with Crippen molar-refractivity contribution in [2.24, 2.45) is 0 Å². The zero-order chi connectivity index (χ0) is 17.1. The van der Waals surface area contributed by atoms with Gasteiger partial charge in [-0.15, -0.1) is 5.10 Å². The maximum Gasteiger partial charge on any atom is 0.311 e. The number of rotatable bonds is 5. The summed E-state index contributed by atoms with van der Waals surface area (Å²) in [7, 11) is 3.53. The Bertz CT molecular complexity index is 724. The van der Waals surface area contributed by atoms with E-state index >= 15 is 0 Å². The fourth-order valence-electron chi connectivity index (χ4n) is 2.69. The molecule has 1 saturated heterocycles. The van der Waals surface area contributed by atoms with Gasteiger partial charge in [-0.2, -0.15) is 0 Å². The summed E-state index contributed by atoms with van der Waals surface area (Å²) in [5.74, 6) is 0.202. The smallest absolute Gasteiger partial charge is 0.311 e. The fourth-order valence-corrected chi connectivity index (χ4v) is 2.69. The van der Waals surface area contributed by atoms with Gasteiger partial charge in [-0.05, 0) is 13.1 Å². The lowest BCUT2D eigenvalue weighted by Crippen LogP contribution is -2.43. The van der Waals surface area contributed by atoms with Crippen LogP contribution in [0.25, 0.3) is 5.69 Å². The summed E-state index contributed by atoms with van der Waals surface area (Å²) < 4.78 is 6.70. The third-order valence-electron chi connectivity index (χ3n) is 4.15. The minimum Gasteiger partial charge on any atom is -0.490 e. The van der Waals surface area contributed by atoms with Crippen LogP contribution >= 0.6 is 0 Å². The lowest BCUT2D eigenvalue weighted by atomic mass is 10.2. The highest BCUT2D eigenvalue weighted by molar-refractivity contribution is 5.52. The van der Waals surface area contributed by atoms with E-state index in [-0.39, 0.29) is 11.4 Å². The highest BCUT2D eigenvalue weighted by atomic mass is 16.6. The van der Waals surface area contributed by atoms with Gasteiger partial charge < -0.3 is 9.64 Å². The molecule has 3 rings (SSSR count). The molecule has 24 heavy (non-hydrogen) atoms. The summed E-state index contributed by atoms with van der Waals surface area (Å²) in [5.41, 5.74) is 1.48. The number of nitrogens with zero attached hydrogens (tertiary/aromatic N) is 6. The summed E-state index contributed by atoms with van der Waals surface area (Å²) >= 11 is 0. The predicted molar refractivity (Wildman–Crippen MR) is 87.3 cm³/mol. The quantitative estimate of drug-likeness (QED) is 0.594. The molecule has 0 amide bonds. The van der Waals surface area contributed by atoms with Crippen molar-refractivity contribution in [1.82, 2.24) is 24.8 Å². The number of hydrogen-bond donors (Lipinski definition) is 0. The second kappa shape index (κ2) is 6.93. The molecule has 1 aliphatic rings. The molecule has 0 atom stereocenters. The van der Waals surface area contributed by atoms with Crippen LogP contribution in [-0.4, -0.2) is 70.1 Å². The molecule has 1 aliphatic heterocycles. The lowest BCUT2D eigenvalue weighted by molar-refractivity contribution is -0.385. The van der Waals surface area contributed by atoms with Crippen LogP contribution in [0.1, 0.15) is 5.69 Å². The Labute approximate surface area is 139 Å². The minimum atomic E-state index is -0.469. The number of piperazine rings is 1. The Morgan fingerprint density at radius 1 is 1.29 bits per heavy atom. The van der Waals surface area contributed by atoms with Gasteiger partial charge in [-0.25, -0.2) is 4.68 Å². The first-order valence-corrected chi connectivity index (χ1v) is 7.72. The van der Waals surface area contributed by atoms with Crippen LogP contribution < -0.4 is 4.74 Å². The number of methoxy groups -OCH3 is 1. The van der Waals surface area contributed by atoms with Crippen LogP contribution in [-0.2, 0) is 6.54 Å². The first-order valence-electron chi connectivity index (χ1n) is 7.72. The molecule has 2 aromatic rings. The molecule has 0 saturated carbocycles. The Morgan fingerprint density at radius 3 is 2.71 bits per heavy atom. The van der Waals surface area contributed by atoms with Crippen LogP contribution in [0.4, 0.5) is 5.69 Å². The standard InChI is InChI=1S/C15H20N6O3/c1-18-5-7-19(8-6-18)10-12-11-20(17-16-12)13-3-4-14(21(22)23)15(9-13)24-2/h3-4,9,11H,5-8,10H2,1-2H3. The van der Waals surface area contributed by atoms with Gasteiger partial charge in [0.05, 0.1) is 29.6 Å². The van der Waals surface area contributed by atoms with Gasteiger partial charge in [0, 0.05) is 44.9 Å². The SMILES string of the molecule is COc1cc(-n2cc(CN3CCN(C)CC3)nn2)ccc1[N+](=O)[O-]. The first-order chi connectivity index (χ1) is 11.6. The van der Waals surface area contributed by atoms with Crippen molar-refractivity contribution in [2.45, 2.75) is 6.54 Å². The van der Waals surface area contributed by atoms with Crippen molar-refractivity contribution in [3.05, 3.63) is 40.2 Å². The number of likely N-dealkylation sites (N-methyl/N-ethyl adjacent to an activating group) is 1. The summed E-state index contributed by atoms with van der Waals surface area (Å²) in [6.07, 6.45) is 1.85. The van der Waals surface area contributed by atoms with E-state index in [1.165, 1.54) is 13.2 Å². The number of nitro groups is 1. The Morgan fingerprint density at radius 2 is 2.04 bits per heavy atom. The van der Waals surface area contributed by atoms with Crippen molar-refractivity contribution in [3.63, 3.8) is 0 Å². The van der Waals surface area contributed by atoms with E-state index in [0.29, 0.717) is 5.69 Å². The van der Waals surface area contributed by atoms with Crippen molar-refractivity contribution in [1.29, 1.82) is 0 Å². The molecule has 0 aliphatic carbocycles. The average Bonchev–Trinajstić information content (AvgIpc) is 3.04. The van der Waals surface area contributed by atoms with E-state index in [2.05, 4.69) is 27.2 Å². The molecule has 2 heterocycles. The fraction of sp³-hybridized carbons (Fsp3) is 0.467. The summed E-state index contributed by atoms with van der Waals surface area (Å²) in [4.78, 5) is 15.1. The maximum atomic E-state index is 11.0. The van der Waals surface area contributed by atoms with Gasteiger partial charge in [0.15, 0.2) is 5.75 Å². The molecule has 9 heteroatoms. The third kappa shape index (κ3) is 3.52. The van der Waals surface area contributed by atoms with E-state index in [4.69, 9.17) is 4.74 Å². The number of ether oxygens (including phenoxy) is 1. The van der Waals surface area contributed by atoms with E-state index < -0.39 is 4.92 Å². The molecule has 0 radical (unpaired) electrons. The van der Waals surface area contributed by atoms with Gasteiger partial charge in [0.2, 0.25) is 0 Å². The number of hydrogen-bond acceptors (Lipinski definition) is 7. The minimum absolute atomic E-state index is 0.0703. The molecular formula is C15H20N6O3. The topological polar surface area (TPSA) is 89.6 Å². The maximum absolute atomic E-state index is 11.0. The predicted octanol–water partition coefficient (Wildman–Crippen LogP) is 0.931. The van der Waals surface area contributed by atoms with E-state index in [1.807, 2.05) is 6.20 Å². The van der Waals surface area contributed by atoms with Gasteiger partial charge in [-0.1, -0.05) is 5.21 Å². The molecule has 1 fully saturated rings. The monoisotopic (exact) mass is 332 g/mol. The highest BCUT2D eigenvalue weighted by Gasteiger charge is 2.17. The highest BCUT2D eigenvalue weighted by Crippen LogP contribution is 2.28. The second-order valence-corrected chi connectivity index (χ2v) is 5.85. The van der Waals surface area contributed by atoms with Crippen molar-refractivity contribution in [2.75, 3.05) is 40.3 Å². The Balaban J connectivity index is 1.74. The molecule has 0 N–H and O–H groups in total. The number of nitro benzene ring substituents is 1. The summed E-state index contributed by atoms with van der Waals surface area (Å²) in [6, 6.07) is 4.64. The Hall–Kier alpha value is -2.52. The molecule has 9 nitrogen and oxygen atoms in total. The van der Waals surface area contributed by atoms with Crippen LogP contribution in [0, 0.1) is 10.1 Å². The molecule has 0 bridgehead atoms. The zero-order valence-electron chi connectivity index (χ0n) is 13.8. The number of aromatic nitrogens is 3. The van der Waals surface area contributed by atoms with Gasteiger partial charge in [-0.3, -0.25) is 15.0 Å². The van der Waals surface area contributed by atoms with Crippen molar-refractivity contribution in [3.8, 4) is 11.4 Å². The normalized spacial score (nSPS) is 16.2. The molecule has 1 aromatic heterocycles. The molecule has 128 valence electrons. The van der Waals surface area contributed by atoms with Gasteiger partial charge >= 0.3 is 5.69 Å². The lowest BCUT2D eigenvalue weighted by Gasteiger charge is -2.31. The number of benzene rings is 1. The Kier molecular flexibility index (Phi) is 4.72. The first kappa shape index (κ1) is 16.3.